The molecular weight excluding hydrogens is 250 g/mol. The summed E-state index contributed by atoms with van der Waals surface area (Å²) in [4.78, 5) is 4.54. The van der Waals surface area contributed by atoms with Gasteiger partial charge in [-0.15, -0.1) is 0 Å². The number of nitrogens with one attached hydrogen (secondary N) is 1. The largest absolute Gasteiger partial charge is 0.358 e. The summed E-state index contributed by atoms with van der Waals surface area (Å²) in [7, 11) is 0. The van der Waals surface area contributed by atoms with Gasteiger partial charge >= 0.3 is 0 Å². The number of hydrogen-bond donors (Lipinski definition) is 1. The Hall–Kier alpha value is -0.440. The lowest BCUT2D eigenvalue weighted by molar-refractivity contribution is 0.910. The molecule has 0 spiro atoms. The molecule has 1 atom stereocenters. The lowest BCUT2D eigenvalue weighted by atomic mass is 10.4. The SMILES string of the molecule is CCSCC(C)Nc1nc(Cl)c(C#N)s1. The monoisotopic (exact) mass is 261 g/mol. The number of anilines is 1. The highest BCUT2D eigenvalue weighted by Crippen LogP contribution is 2.26. The van der Waals surface area contributed by atoms with E-state index >= 15 is 0 Å². The Kier molecular flexibility index (Phi) is 5.23. The van der Waals surface area contributed by atoms with Crippen LogP contribution in [-0.4, -0.2) is 22.5 Å². The standard InChI is InChI=1S/C9H12ClN3S2/c1-3-14-5-6(2)12-9-13-8(10)7(4-11)15-9/h6H,3,5H2,1-2H3,(H,12,13). The molecule has 1 aromatic rings. The van der Waals surface area contributed by atoms with Gasteiger partial charge in [-0.3, -0.25) is 0 Å². The number of thiazole rings is 1. The van der Waals surface area contributed by atoms with E-state index < -0.39 is 0 Å². The van der Waals surface area contributed by atoms with Gasteiger partial charge in [0.2, 0.25) is 0 Å². The van der Waals surface area contributed by atoms with Gasteiger partial charge in [0.1, 0.15) is 10.9 Å². The van der Waals surface area contributed by atoms with Gasteiger partial charge in [0.15, 0.2) is 10.3 Å². The molecule has 0 aliphatic rings. The van der Waals surface area contributed by atoms with E-state index in [1.54, 1.807) is 0 Å². The molecule has 0 saturated heterocycles. The maximum Gasteiger partial charge on any atom is 0.185 e. The Bertz CT molecular complexity index is 359. The molecule has 1 aromatic heterocycles. The fourth-order valence-corrected chi connectivity index (χ4v) is 2.71. The number of thioether (sulfide) groups is 1. The third-order valence-corrected chi connectivity index (χ3v) is 4.05. The third kappa shape index (κ3) is 3.90. The summed E-state index contributed by atoms with van der Waals surface area (Å²) in [6.45, 7) is 4.22. The van der Waals surface area contributed by atoms with Gasteiger partial charge in [-0.05, 0) is 12.7 Å². The summed E-state index contributed by atoms with van der Waals surface area (Å²) >= 11 is 8.93. The quantitative estimate of drug-likeness (QED) is 0.884. The molecule has 0 bridgehead atoms. The molecule has 0 saturated carbocycles. The Morgan fingerprint density at radius 2 is 2.47 bits per heavy atom. The van der Waals surface area contributed by atoms with Crippen molar-refractivity contribution in [2.75, 3.05) is 16.8 Å². The summed E-state index contributed by atoms with van der Waals surface area (Å²) in [6, 6.07) is 2.35. The van der Waals surface area contributed by atoms with E-state index in [0.717, 1.165) is 16.6 Å². The van der Waals surface area contributed by atoms with Crippen molar-refractivity contribution < 1.29 is 0 Å². The van der Waals surface area contributed by atoms with Crippen LogP contribution in [0.1, 0.15) is 18.7 Å². The lowest BCUT2D eigenvalue weighted by Gasteiger charge is -2.10. The van der Waals surface area contributed by atoms with E-state index in [9.17, 15) is 0 Å². The van der Waals surface area contributed by atoms with Gasteiger partial charge in [0.25, 0.3) is 0 Å². The first kappa shape index (κ1) is 12.6. The third-order valence-electron chi connectivity index (χ3n) is 1.63. The molecule has 0 fully saturated rings. The molecule has 82 valence electrons. The number of aromatic nitrogens is 1. The summed E-state index contributed by atoms with van der Waals surface area (Å²) in [6.07, 6.45) is 0. The molecular formula is C9H12ClN3S2. The van der Waals surface area contributed by atoms with E-state index in [4.69, 9.17) is 16.9 Å². The first-order valence-corrected chi connectivity index (χ1v) is 6.93. The second-order valence-corrected chi connectivity index (χ2v) is 5.63. The van der Waals surface area contributed by atoms with Crippen LogP contribution in [-0.2, 0) is 0 Å². The van der Waals surface area contributed by atoms with E-state index in [1.807, 2.05) is 17.8 Å². The molecule has 15 heavy (non-hydrogen) atoms. The Balaban J connectivity index is 2.54. The van der Waals surface area contributed by atoms with Crippen molar-refractivity contribution in [1.82, 2.24) is 4.98 Å². The highest BCUT2D eigenvalue weighted by molar-refractivity contribution is 7.99. The average molecular weight is 262 g/mol. The maximum atomic E-state index is 8.71. The topological polar surface area (TPSA) is 48.7 Å². The summed E-state index contributed by atoms with van der Waals surface area (Å²) in [5, 5.41) is 12.9. The molecule has 0 aromatic carbocycles. The Morgan fingerprint density at radius 1 is 1.73 bits per heavy atom. The Morgan fingerprint density at radius 3 is 3.00 bits per heavy atom. The summed E-state index contributed by atoms with van der Waals surface area (Å²) in [5.41, 5.74) is 0. The van der Waals surface area contributed by atoms with E-state index in [-0.39, 0.29) is 0 Å². The van der Waals surface area contributed by atoms with Crippen molar-refractivity contribution in [1.29, 1.82) is 5.26 Å². The minimum Gasteiger partial charge on any atom is -0.358 e. The van der Waals surface area contributed by atoms with Crippen LogP contribution in [0.15, 0.2) is 0 Å². The van der Waals surface area contributed by atoms with Crippen molar-refractivity contribution in [3.63, 3.8) is 0 Å². The number of hydrogen-bond acceptors (Lipinski definition) is 5. The molecule has 1 rings (SSSR count). The van der Waals surface area contributed by atoms with Crippen LogP contribution in [0.4, 0.5) is 5.13 Å². The van der Waals surface area contributed by atoms with Crippen molar-refractivity contribution in [3.05, 3.63) is 10.0 Å². The molecule has 1 heterocycles. The van der Waals surface area contributed by atoms with Crippen molar-refractivity contribution in [3.8, 4) is 6.07 Å². The number of nitrogens with zero attached hydrogens (tertiary/aromatic N) is 2. The van der Waals surface area contributed by atoms with Gasteiger partial charge in [0.05, 0.1) is 0 Å². The second-order valence-electron chi connectivity index (χ2n) is 2.96. The Labute approximate surface area is 103 Å². The van der Waals surface area contributed by atoms with Gasteiger partial charge in [-0.25, -0.2) is 4.98 Å². The van der Waals surface area contributed by atoms with E-state index in [2.05, 4.69) is 24.1 Å². The number of nitriles is 1. The zero-order valence-corrected chi connectivity index (χ0v) is 11.0. The van der Waals surface area contributed by atoms with Crippen molar-refractivity contribution >= 4 is 39.8 Å². The zero-order valence-electron chi connectivity index (χ0n) is 8.58. The maximum absolute atomic E-state index is 8.71. The van der Waals surface area contributed by atoms with Crippen LogP contribution < -0.4 is 5.32 Å². The van der Waals surface area contributed by atoms with Crippen LogP contribution in [0.5, 0.6) is 0 Å². The lowest BCUT2D eigenvalue weighted by Crippen LogP contribution is -2.17. The molecule has 6 heteroatoms. The van der Waals surface area contributed by atoms with Gasteiger partial charge in [-0.2, -0.15) is 17.0 Å². The predicted molar refractivity (Wildman–Crippen MR) is 67.9 cm³/mol. The van der Waals surface area contributed by atoms with Crippen LogP contribution in [0.2, 0.25) is 5.15 Å². The first-order chi connectivity index (χ1) is 7.17. The number of halogens is 1. The zero-order chi connectivity index (χ0) is 11.3. The smallest absolute Gasteiger partial charge is 0.185 e. The van der Waals surface area contributed by atoms with Gasteiger partial charge in [0, 0.05) is 11.8 Å². The molecule has 0 radical (unpaired) electrons. The van der Waals surface area contributed by atoms with Crippen molar-refractivity contribution in [2.45, 2.75) is 19.9 Å². The molecule has 1 unspecified atom stereocenters. The van der Waals surface area contributed by atoms with Crippen LogP contribution in [0, 0.1) is 11.3 Å². The van der Waals surface area contributed by atoms with Crippen LogP contribution in [0.25, 0.3) is 0 Å². The molecule has 0 amide bonds. The average Bonchev–Trinajstić information content (AvgIpc) is 2.55. The van der Waals surface area contributed by atoms with Gasteiger partial charge < -0.3 is 5.32 Å². The van der Waals surface area contributed by atoms with E-state index in [0.29, 0.717) is 16.1 Å². The highest BCUT2D eigenvalue weighted by Gasteiger charge is 2.10. The van der Waals surface area contributed by atoms with Gasteiger partial charge in [-0.1, -0.05) is 29.9 Å². The second kappa shape index (κ2) is 6.21. The molecule has 0 aliphatic carbocycles. The minimum atomic E-state index is 0.292. The van der Waals surface area contributed by atoms with Crippen LogP contribution >= 0.6 is 34.7 Å². The molecule has 1 N–H and O–H groups in total. The summed E-state index contributed by atoms with van der Waals surface area (Å²) < 4.78 is 0. The summed E-state index contributed by atoms with van der Waals surface area (Å²) in [5.74, 6) is 2.13. The molecule has 0 aliphatic heterocycles. The fraction of sp³-hybridized carbons (Fsp3) is 0.556. The van der Waals surface area contributed by atoms with Crippen LogP contribution in [0.3, 0.4) is 0 Å². The first-order valence-electron chi connectivity index (χ1n) is 4.58. The number of rotatable bonds is 5. The van der Waals surface area contributed by atoms with Crippen molar-refractivity contribution in [2.24, 2.45) is 0 Å². The predicted octanol–water partition coefficient (Wildman–Crippen LogP) is 3.22. The fourth-order valence-electron chi connectivity index (χ4n) is 0.979. The van der Waals surface area contributed by atoms with E-state index in [1.165, 1.54) is 11.3 Å². The normalized spacial score (nSPS) is 12.1. The minimum absolute atomic E-state index is 0.292. The highest BCUT2D eigenvalue weighted by atomic mass is 35.5. The molecule has 3 nitrogen and oxygen atoms in total.